The van der Waals surface area contributed by atoms with E-state index in [-0.39, 0.29) is 52.9 Å². The minimum atomic E-state index is -1.40. The third-order valence-electron chi connectivity index (χ3n) is 8.46. The highest BCUT2D eigenvalue weighted by molar-refractivity contribution is 6.21. The SMILES string of the molecule is CC1C2C3(C=CC(=O)[C@@]2(C)CCC(=O)Nc2c(O)ccc(C(=O)O)c2O)CC([C@@H]1Cl)C(C)(O)C3. The normalized spacial score (nSPS) is 38.4. The number of ketones is 1. The first-order valence-corrected chi connectivity index (χ1v) is 11.9. The lowest BCUT2D eigenvalue weighted by Crippen LogP contribution is -2.54. The van der Waals surface area contributed by atoms with Crippen molar-refractivity contribution in [1.29, 1.82) is 0 Å². The minimum absolute atomic E-state index is 0.0725. The van der Waals surface area contributed by atoms with Crippen LogP contribution in [0.5, 0.6) is 11.5 Å². The van der Waals surface area contributed by atoms with Gasteiger partial charge in [-0.1, -0.05) is 19.9 Å². The molecule has 8 nitrogen and oxygen atoms in total. The number of alkyl halides is 1. The molecule has 0 aromatic heterocycles. The Morgan fingerprint density at radius 1 is 1.24 bits per heavy atom. The summed E-state index contributed by atoms with van der Waals surface area (Å²) in [6.45, 7) is 5.64. The predicted molar refractivity (Wildman–Crippen MR) is 125 cm³/mol. The second kappa shape index (κ2) is 7.99. The average Bonchev–Trinajstić information content (AvgIpc) is 2.99. The van der Waals surface area contributed by atoms with E-state index in [0.29, 0.717) is 12.8 Å². The molecule has 4 rings (SSSR count). The predicted octanol–water partition coefficient (Wildman–Crippen LogP) is 3.68. The van der Waals surface area contributed by atoms with Crippen LogP contribution in [-0.2, 0) is 9.59 Å². The lowest BCUT2D eigenvalue weighted by atomic mass is 9.49. The molecule has 9 heteroatoms. The number of aromatic hydroxyl groups is 2. The number of fused-ring (bicyclic) bond motifs is 1. The maximum absolute atomic E-state index is 13.2. The molecule has 2 bridgehead atoms. The fourth-order valence-electron chi connectivity index (χ4n) is 7.03. The largest absolute Gasteiger partial charge is 0.506 e. The summed E-state index contributed by atoms with van der Waals surface area (Å²) in [5.74, 6) is -3.62. The monoisotopic (exact) mass is 491 g/mol. The standard InChI is InChI=1S/C25H30ClNO7/c1-12-18(26)14-10-25(11-24(14,3)34)9-6-16(29)23(2,21(12)25)8-7-17(30)27-19-15(28)5-4-13(20(19)31)22(32)33/h4-6,9,12,14,18,21,28,31,34H,7-8,10-11H2,1-3H3,(H,27,30)(H,32,33)/t12?,14?,18-,21?,23-,24?,25?/m1/s1. The number of nitrogens with one attached hydrogen (secondary N) is 1. The second-order valence-electron chi connectivity index (χ2n) is 10.7. The van der Waals surface area contributed by atoms with E-state index >= 15 is 0 Å². The number of halogens is 1. The fourth-order valence-corrected chi connectivity index (χ4v) is 7.53. The highest BCUT2D eigenvalue weighted by Crippen LogP contribution is 2.68. The summed E-state index contributed by atoms with van der Waals surface area (Å²) >= 11 is 6.80. The summed E-state index contributed by atoms with van der Waals surface area (Å²) < 4.78 is 0. The maximum Gasteiger partial charge on any atom is 0.339 e. The number of carboxylic acids is 1. The van der Waals surface area contributed by atoms with Crippen LogP contribution in [0.15, 0.2) is 24.3 Å². The number of allylic oxidation sites excluding steroid dienone is 2. The second-order valence-corrected chi connectivity index (χ2v) is 11.2. The number of aromatic carboxylic acids is 1. The molecule has 7 atom stereocenters. The molecule has 5 N–H and O–H groups in total. The van der Waals surface area contributed by atoms with Crippen LogP contribution in [-0.4, -0.2) is 49.1 Å². The van der Waals surface area contributed by atoms with E-state index in [9.17, 15) is 29.7 Å². The van der Waals surface area contributed by atoms with Crippen molar-refractivity contribution < 1.29 is 34.8 Å². The van der Waals surface area contributed by atoms with E-state index in [1.54, 1.807) is 13.0 Å². The van der Waals surface area contributed by atoms with Gasteiger partial charge in [-0.2, -0.15) is 0 Å². The fraction of sp³-hybridized carbons (Fsp3) is 0.560. The van der Waals surface area contributed by atoms with Crippen LogP contribution >= 0.6 is 11.6 Å². The molecule has 3 aliphatic rings. The van der Waals surface area contributed by atoms with Crippen LogP contribution in [0.4, 0.5) is 5.69 Å². The number of benzene rings is 1. The lowest BCUT2D eigenvalue weighted by molar-refractivity contribution is -0.136. The molecule has 5 unspecified atom stereocenters. The van der Waals surface area contributed by atoms with Gasteiger partial charge in [-0.05, 0) is 61.6 Å². The molecule has 0 aliphatic heterocycles. The van der Waals surface area contributed by atoms with Gasteiger partial charge in [0, 0.05) is 23.1 Å². The van der Waals surface area contributed by atoms with Crippen LogP contribution in [0.25, 0.3) is 0 Å². The summed E-state index contributed by atoms with van der Waals surface area (Å²) in [6, 6.07) is 2.11. The molecule has 0 heterocycles. The van der Waals surface area contributed by atoms with Crippen molar-refractivity contribution in [2.75, 3.05) is 5.32 Å². The summed E-state index contributed by atoms with van der Waals surface area (Å²) in [6.07, 6.45) is 4.77. The summed E-state index contributed by atoms with van der Waals surface area (Å²) in [7, 11) is 0. The maximum atomic E-state index is 13.2. The number of aliphatic hydroxyl groups is 1. The van der Waals surface area contributed by atoms with Crippen LogP contribution in [0.3, 0.4) is 0 Å². The lowest BCUT2D eigenvalue weighted by Gasteiger charge is -2.55. The van der Waals surface area contributed by atoms with Crippen LogP contribution < -0.4 is 5.32 Å². The third-order valence-corrected chi connectivity index (χ3v) is 9.16. The minimum Gasteiger partial charge on any atom is -0.506 e. The van der Waals surface area contributed by atoms with Gasteiger partial charge in [0.2, 0.25) is 5.91 Å². The zero-order valence-corrected chi connectivity index (χ0v) is 20.1. The number of amides is 1. The van der Waals surface area contributed by atoms with E-state index in [0.717, 1.165) is 12.1 Å². The van der Waals surface area contributed by atoms with Crippen molar-refractivity contribution in [2.24, 2.45) is 28.6 Å². The van der Waals surface area contributed by atoms with Gasteiger partial charge in [0.05, 0.1) is 5.60 Å². The number of phenolic OH excluding ortho intramolecular Hbond substituents is 1. The van der Waals surface area contributed by atoms with Crippen molar-refractivity contribution in [2.45, 2.75) is 57.4 Å². The average molecular weight is 492 g/mol. The molecule has 0 saturated heterocycles. The Bertz CT molecular complexity index is 1100. The Hall–Kier alpha value is -2.58. The topological polar surface area (TPSA) is 144 Å². The molecular weight excluding hydrogens is 462 g/mol. The van der Waals surface area contributed by atoms with Crippen molar-refractivity contribution in [3.63, 3.8) is 0 Å². The Morgan fingerprint density at radius 2 is 1.91 bits per heavy atom. The van der Waals surface area contributed by atoms with E-state index in [1.807, 2.05) is 19.9 Å². The van der Waals surface area contributed by atoms with E-state index in [4.69, 9.17) is 16.7 Å². The smallest absolute Gasteiger partial charge is 0.339 e. The number of carbonyl (C=O) groups is 3. The number of rotatable bonds is 5. The van der Waals surface area contributed by atoms with Gasteiger partial charge < -0.3 is 25.7 Å². The highest BCUT2D eigenvalue weighted by atomic mass is 35.5. The molecule has 1 spiro atoms. The molecule has 1 aromatic carbocycles. The summed E-state index contributed by atoms with van der Waals surface area (Å²) in [4.78, 5) is 37.2. The van der Waals surface area contributed by atoms with Gasteiger partial charge in [0.25, 0.3) is 0 Å². The van der Waals surface area contributed by atoms with Gasteiger partial charge in [-0.15, -0.1) is 11.6 Å². The molecule has 1 amide bonds. The number of hydrogen-bond donors (Lipinski definition) is 5. The first kappa shape index (κ1) is 24.5. The first-order valence-electron chi connectivity index (χ1n) is 11.4. The molecule has 184 valence electrons. The van der Waals surface area contributed by atoms with Gasteiger partial charge in [0.15, 0.2) is 11.5 Å². The van der Waals surface area contributed by atoms with Crippen molar-refractivity contribution in [3.05, 3.63) is 29.8 Å². The summed E-state index contributed by atoms with van der Waals surface area (Å²) in [5.41, 5.74) is -3.07. The molecule has 34 heavy (non-hydrogen) atoms. The zero-order valence-electron chi connectivity index (χ0n) is 19.3. The molecule has 2 saturated carbocycles. The Morgan fingerprint density at radius 3 is 2.56 bits per heavy atom. The van der Waals surface area contributed by atoms with Crippen LogP contribution in [0, 0.1) is 28.6 Å². The Kier molecular flexibility index (Phi) is 5.76. The van der Waals surface area contributed by atoms with Crippen LogP contribution in [0.1, 0.15) is 56.8 Å². The number of phenols is 2. The van der Waals surface area contributed by atoms with E-state index in [1.165, 1.54) is 0 Å². The number of carboxylic acid groups (broad SMARTS) is 1. The van der Waals surface area contributed by atoms with Gasteiger partial charge in [-0.25, -0.2) is 4.79 Å². The van der Waals surface area contributed by atoms with Gasteiger partial charge >= 0.3 is 5.97 Å². The van der Waals surface area contributed by atoms with E-state index < -0.39 is 40.0 Å². The molecule has 2 fully saturated rings. The number of anilines is 1. The zero-order chi connectivity index (χ0) is 25.2. The van der Waals surface area contributed by atoms with Crippen molar-refractivity contribution in [1.82, 2.24) is 0 Å². The van der Waals surface area contributed by atoms with E-state index in [2.05, 4.69) is 5.32 Å². The highest BCUT2D eigenvalue weighted by Gasteiger charge is 2.67. The number of hydrogen-bond acceptors (Lipinski definition) is 6. The van der Waals surface area contributed by atoms with Crippen molar-refractivity contribution in [3.8, 4) is 11.5 Å². The molecule has 3 aliphatic carbocycles. The van der Waals surface area contributed by atoms with Crippen molar-refractivity contribution >= 4 is 34.9 Å². The molecule has 1 aromatic rings. The van der Waals surface area contributed by atoms with Gasteiger partial charge in [0.1, 0.15) is 17.0 Å². The van der Waals surface area contributed by atoms with Crippen LogP contribution in [0.2, 0.25) is 0 Å². The Balaban J connectivity index is 1.58. The third kappa shape index (κ3) is 3.58. The summed E-state index contributed by atoms with van der Waals surface area (Å²) in [5, 5.41) is 42.5. The van der Waals surface area contributed by atoms with Gasteiger partial charge in [-0.3, -0.25) is 9.59 Å². The molecular formula is C25H30ClNO7. The number of carbonyl (C=O) groups excluding carboxylic acids is 2. The molecule has 0 radical (unpaired) electrons. The first-order chi connectivity index (χ1) is 15.7. The quantitative estimate of drug-likeness (QED) is 0.312. The Labute approximate surface area is 202 Å².